The van der Waals surface area contributed by atoms with Crippen molar-refractivity contribution in [1.82, 2.24) is 28.9 Å². The number of nitrogens with one attached hydrogen (secondary N) is 1. The summed E-state index contributed by atoms with van der Waals surface area (Å²) in [6, 6.07) is 24.9. The van der Waals surface area contributed by atoms with E-state index < -0.39 is 17.1 Å². The Morgan fingerprint density at radius 3 is 2.53 bits per heavy atom. The summed E-state index contributed by atoms with van der Waals surface area (Å²) in [6.45, 7) is 6.51. The summed E-state index contributed by atoms with van der Waals surface area (Å²) in [5.41, 5.74) is 4.74. The van der Waals surface area contributed by atoms with Crippen LogP contribution in [0.3, 0.4) is 0 Å². The first-order chi connectivity index (χ1) is 25.8. The lowest BCUT2D eigenvalue weighted by molar-refractivity contribution is 0.0941. The van der Waals surface area contributed by atoms with Crippen molar-refractivity contribution in [3.63, 3.8) is 0 Å². The molecule has 0 radical (unpaired) electrons. The van der Waals surface area contributed by atoms with E-state index in [1.165, 1.54) is 20.8 Å². The lowest BCUT2D eigenvalue weighted by Crippen LogP contribution is -2.44. The van der Waals surface area contributed by atoms with Gasteiger partial charge in [0.2, 0.25) is 5.91 Å². The minimum absolute atomic E-state index is 0.0368. The van der Waals surface area contributed by atoms with Gasteiger partial charge in [-0.25, -0.2) is 18.7 Å². The van der Waals surface area contributed by atoms with E-state index in [1.54, 1.807) is 11.5 Å². The van der Waals surface area contributed by atoms with E-state index in [0.717, 1.165) is 85.9 Å². The van der Waals surface area contributed by atoms with Crippen LogP contribution in [0, 0.1) is 5.82 Å². The summed E-state index contributed by atoms with van der Waals surface area (Å²) in [6.07, 6.45) is 6.68. The number of aromatic nitrogens is 4. The standard InChI is InChI=1S/C42H43FN6O4/c1-28(50)47-27-32(37-8-2-3-9-39(37)47)24-44-34-14-16-35(17-15-34)49-41(51)38-23-33(43)25-45-40(38)48(42(49)52)36-7-4-6-31(22-36)30-12-10-29(11-13-30)26-46-18-5-20-53-21-19-46/h2-4,6-13,22-23,25,27,34-35,44H,5,14-21,24,26H2,1H3. The molecule has 1 saturated carbocycles. The number of fused-ring (bicyclic) bond motifs is 2. The van der Waals surface area contributed by atoms with Crippen LogP contribution in [0.1, 0.15) is 61.0 Å². The molecular formula is C42H43FN6O4. The van der Waals surface area contributed by atoms with Crippen LogP contribution in [0.15, 0.2) is 101 Å². The molecule has 0 amide bonds. The van der Waals surface area contributed by atoms with Gasteiger partial charge in [0.25, 0.3) is 5.56 Å². The summed E-state index contributed by atoms with van der Waals surface area (Å²) in [4.78, 5) is 47.2. The molecule has 2 fully saturated rings. The second-order valence-corrected chi connectivity index (χ2v) is 14.3. The van der Waals surface area contributed by atoms with Gasteiger partial charge in [-0.1, -0.05) is 54.6 Å². The van der Waals surface area contributed by atoms with Crippen LogP contribution >= 0.6 is 0 Å². The number of carbonyl (C=O) groups is 1. The average Bonchev–Trinajstić information content (AvgIpc) is 3.35. The number of ether oxygens (including phenoxy) is 1. The maximum Gasteiger partial charge on any atom is 0.337 e. The molecule has 0 unspecified atom stereocenters. The maximum absolute atomic E-state index is 14.6. The Balaban J connectivity index is 1.04. The zero-order valence-corrected chi connectivity index (χ0v) is 29.8. The van der Waals surface area contributed by atoms with Gasteiger partial charge in [-0.15, -0.1) is 0 Å². The number of hydrogen-bond acceptors (Lipinski definition) is 7. The molecule has 0 bridgehead atoms. The van der Waals surface area contributed by atoms with E-state index in [1.807, 2.05) is 54.7 Å². The predicted octanol–water partition coefficient (Wildman–Crippen LogP) is 6.46. The summed E-state index contributed by atoms with van der Waals surface area (Å²) in [7, 11) is 0. The van der Waals surface area contributed by atoms with Crippen molar-refractivity contribution in [1.29, 1.82) is 0 Å². The molecule has 1 saturated heterocycles. The van der Waals surface area contributed by atoms with Gasteiger partial charge in [-0.2, -0.15) is 0 Å². The second-order valence-electron chi connectivity index (χ2n) is 14.3. The van der Waals surface area contributed by atoms with Crippen LogP contribution in [-0.4, -0.2) is 61.8 Å². The van der Waals surface area contributed by atoms with Gasteiger partial charge in [0.05, 0.1) is 29.4 Å². The van der Waals surface area contributed by atoms with Gasteiger partial charge < -0.3 is 10.1 Å². The smallest absolute Gasteiger partial charge is 0.337 e. The Labute approximate surface area is 306 Å². The lowest BCUT2D eigenvalue weighted by atomic mass is 9.90. The van der Waals surface area contributed by atoms with E-state index in [-0.39, 0.29) is 29.0 Å². The Kier molecular flexibility index (Phi) is 9.87. The molecule has 10 nitrogen and oxygen atoms in total. The predicted molar refractivity (Wildman–Crippen MR) is 204 cm³/mol. The third kappa shape index (κ3) is 7.12. The van der Waals surface area contributed by atoms with E-state index in [2.05, 4.69) is 39.5 Å². The van der Waals surface area contributed by atoms with Gasteiger partial charge in [0, 0.05) is 63.4 Å². The Hall–Kier alpha value is -5.23. The molecular weight excluding hydrogens is 671 g/mol. The van der Waals surface area contributed by atoms with Crippen LogP contribution in [0.5, 0.6) is 0 Å². The molecule has 1 N–H and O–H groups in total. The van der Waals surface area contributed by atoms with Crippen molar-refractivity contribution in [2.45, 2.75) is 64.2 Å². The molecule has 2 aliphatic rings. The largest absolute Gasteiger partial charge is 0.380 e. The fourth-order valence-corrected chi connectivity index (χ4v) is 8.02. The number of hydrogen-bond donors (Lipinski definition) is 1. The summed E-state index contributed by atoms with van der Waals surface area (Å²) < 4.78 is 24.6. The van der Waals surface area contributed by atoms with Crippen LogP contribution < -0.4 is 16.6 Å². The third-order valence-corrected chi connectivity index (χ3v) is 10.8. The van der Waals surface area contributed by atoms with Gasteiger partial charge >= 0.3 is 5.69 Å². The van der Waals surface area contributed by atoms with Gasteiger partial charge in [0.15, 0.2) is 5.65 Å². The number of carbonyl (C=O) groups excluding carboxylic acids is 1. The lowest BCUT2D eigenvalue weighted by Gasteiger charge is -2.30. The topological polar surface area (TPSA) is 103 Å². The number of halogens is 1. The Morgan fingerprint density at radius 1 is 0.906 bits per heavy atom. The van der Waals surface area contributed by atoms with E-state index in [9.17, 15) is 18.8 Å². The number of rotatable bonds is 8. The average molecular weight is 715 g/mol. The quantitative estimate of drug-likeness (QED) is 0.193. The minimum atomic E-state index is -0.632. The first-order valence-corrected chi connectivity index (χ1v) is 18.5. The van der Waals surface area contributed by atoms with Crippen molar-refractivity contribution in [2.24, 2.45) is 0 Å². The first kappa shape index (κ1) is 34.8. The van der Waals surface area contributed by atoms with Crippen LogP contribution in [-0.2, 0) is 17.8 Å². The first-order valence-electron chi connectivity index (χ1n) is 18.5. The van der Waals surface area contributed by atoms with Gasteiger partial charge in [-0.05, 0) is 78.6 Å². The number of nitrogens with zero attached hydrogens (tertiary/aromatic N) is 5. The van der Waals surface area contributed by atoms with Crippen molar-refractivity contribution in [3.05, 3.63) is 129 Å². The van der Waals surface area contributed by atoms with Crippen molar-refractivity contribution in [2.75, 3.05) is 26.3 Å². The summed E-state index contributed by atoms with van der Waals surface area (Å²) >= 11 is 0. The zero-order chi connectivity index (χ0) is 36.5. The molecule has 8 rings (SSSR count). The monoisotopic (exact) mass is 714 g/mol. The number of pyridine rings is 1. The van der Waals surface area contributed by atoms with Crippen LogP contribution in [0.2, 0.25) is 0 Å². The highest BCUT2D eigenvalue weighted by Gasteiger charge is 2.27. The summed E-state index contributed by atoms with van der Waals surface area (Å²) in [5.74, 6) is -0.669. The van der Waals surface area contributed by atoms with E-state index in [0.29, 0.717) is 25.1 Å². The highest BCUT2D eigenvalue weighted by molar-refractivity contribution is 5.93. The molecule has 0 atom stereocenters. The Bertz CT molecular complexity index is 2400. The van der Waals surface area contributed by atoms with Crippen molar-refractivity contribution < 1.29 is 13.9 Å². The fraction of sp³-hybridized carbons (Fsp3) is 0.333. The molecule has 3 aromatic carbocycles. The SMILES string of the molecule is CC(=O)n1cc(CNC2CCC(n3c(=O)c4cc(F)cnc4n(-c4cccc(-c5ccc(CN6CCCOCC6)cc5)c4)c3=O)CC2)c2ccccc21. The molecule has 272 valence electrons. The van der Waals surface area contributed by atoms with E-state index in [4.69, 9.17) is 4.74 Å². The maximum atomic E-state index is 14.6. The zero-order valence-electron chi connectivity index (χ0n) is 29.8. The van der Waals surface area contributed by atoms with Crippen molar-refractivity contribution in [3.8, 4) is 16.8 Å². The normalized spacial score (nSPS) is 18.4. The van der Waals surface area contributed by atoms with E-state index >= 15 is 0 Å². The molecule has 11 heteroatoms. The number of benzene rings is 3. The molecule has 6 aromatic rings. The highest BCUT2D eigenvalue weighted by Crippen LogP contribution is 2.29. The molecule has 4 heterocycles. The van der Waals surface area contributed by atoms with Crippen LogP contribution in [0.4, 0.5) is 4.39 Å². The molecule has 1 aliphatic carbocycles. The second kappa shape index (κ2) is 15.0. The highest BCUT2D eigenvalue weighted by atomic mass is 19.1. The minimum Gasteiger partial charge on any atom is -0.380 e. The molecule has 0 spiro atoms. The molecule has 3 aromatic heterocycles. The van der Waals surface area contributed by atoms with Crippen molar-refractivity contribution >= 4 is 27.8 Å². The van der Waals surface area contributed by atoms with Gasteiger partial charge in [-0.3, -0.25) is 23.6 Å². The Morgan fingerprint density at radius 2 is 1.72 bits per heavy atom. The van der Waals surface area contributed by atoms with Gasteiger partial charge in [0.1, 0.15) is 5.82 Å². The molecule has 1 aliphatic heterocycles. The fourth-order valence-electron chi connectivity index (χ4n) is 8.02. The molecule has 53 heavy (non-hydrogen) atoms. The summed E-state index contributed by atoms with van der Waals surface area (Å²) in [5, 5.41) is 4.75. The van der Waals surface area contributed by atoms with Crippen LogP contribution in [0.25, 0.3) is 38.8 Å². The number of para-hydroxylation sites is 1. The third-order valence-electron chi connectivity index (χ3n) is 10.8.